The Labute approximate surface area is 111 Å². The fourth-order valence-corrected chi connectivity index (χ4v) is 3.67. The molecule has 1 aromatic heterocycles. The van der Waals surface area contributed by atoms with Gasteiger partial charge in [0, 0.05) is 24.0 Å². The van der Waals surface area contributed by atoms with E-state index in [0.29, 0.717) is 11.4 Å². The number of aliphatic hydroxyl groups is 1. The Morgan fingerprint density at radius 3 is 2.83 bits per heavy atom. The summed E-state index contributed by atoms with van der Waals surface area (Å²) in [5.41, 5.74) is 1.22. The van der Waals surface area contributed by atoms with Crippen molar-refractivity contribution in [3.63, 3.8) is 0 Å². The topological polar surface area (TPSA) is 49.8 Å². The molecular weight excluding hydrogens is 250 g/mol. The van der Waals surface area contributed by atoms with Crippen molar-refractivity contribution in [3.05, 3.63) is 15.3 Å². The first-order valence-electron chi connectivity index (χ1n) is 6.24. The summed E-state index contributed by atoms with van der Waals surface area (Å²) >= 11 is 1.55. The molecule has 1 heterocycles. The average Bonchev–Trinajstić information content (AvgIpc) is 2.76. The van der Waals surface area contributed by atoms with Crippen molar-refractivity contribution < 1.29 is 14.6 Å². The van der Waals surface area contributed by atoms with E-state index in [1.807, 2.05) is 0 Å². The standard InChI is InChI=1S/C13H19NO3S/c1-14(7-8-15)13(16)12-11(17-2)9-5-3-4-6-10(9)18-12/h15H,3-8H2,1-2H3. The van der Waals surface area contributed by atoms with Gasteiger partial charge in [-0.1, -0.05) is 0 Å². The smallest absolute Gasteiger partial charge is 0.267 e. The zero-order valence-electron chi connectivity index (χ0n) is 10.9. The quantitative estimate of drug-likeness (QED) is 0.905. The summed E-state index contributed by atoms with van der Waals surface area (Å²) in [6.45, 7) is 0.334. The molecule has 100 valence electrons. The van der Waals surface area contributed by atoms with Crippen molar-refractivity contribution in [1.29, 1.82) is 0 Å². The first kappa shape index (κ1) is 13.4. The van der Waals surface area contributed by atoms with Crippen LogP contribution in [-0.4, -0.2) is 43.2 Å². The Kier molecular flexibility index (Phi) is 4.24. The second kappa shape index (κ2) is 5.71. The van der Waals surface area contributed by atoms with E-state index in [1.165, 1.54) is 23.3 Å². The number of methoxy groups -OCH3 is 1. The molecule has 18 heavy (non-hydrogen) atoms. The van der Waals surface area contributed by atoms with Gasteiger partial charge >= 0.3 is 0 Å². The Morgan fingerprint density at radius 1 is 1.44 bits per heavy atom. The number of thiophene rings is 1. The zero-order valence-corrected chi connectivity index (χ0v) is 11.7. The maximum absolute atomic E-state index is 12.3. The Morgan fingerprint density at radius 2 is 2.17 bits per heavy atom. The van der Waals surface area contributed by atoms with Crippen LogP contribution in [0.3, 0.4) is 0 Å². The third-order valence-corrected chi connectivity index (χ3v) is 4.56. The number of rotatable bonds is 4. The first-order valence-corrected chi connectivity index (χ1v) is 7.05. The second-order valence-electron chi connectivity index (χ2n) is 4.52. The SMILES string of the molecule is COc1c(C(=O)N(C)CCO)sc2c1CCCC2. The molecule has 1 aliphatic rings. The van der Waals surface area contributed by atoms with Gasteiger partial charge in [0.05, 0.1) is 13.7 Å². The number of amides is 1. The highest BCUT2D eigenvalue weighted by Crippen LogP contribution is 2.40. The van der Waals surface area contributed by atoms with Crippen LogP contribution in [0, 0.1) is 0 Å². The lowest BCUT2D eigenvalue weighted by Crippen LogP contribution is -2.29. The second-order valence-corrected chi connectivity index (χ2v) is 5.63. The van der Waals surface area contributed by atoms with E-state index >= 15 is 0 Å². The van der Waals surface area contributed by atoms with Crippen molar-refractivity contribution in [3.8, 4) is 5.75 Å². The number of aliphatic hydroxyl groups excluding tert-OH is 1. The molecule has 1 amide bonds. The largest absolute Gasteiger partial charge is 0.495 e. The van der Waals surface area contributed by atoms with E-state index < -0.39 is 0 Å². The predicted molar refractivity (Wildman–Crippen MR) is 71.6 cm³/mol. The van der Waals surface area contributed by atoms with E-state index in [1.54, 1.807) is 30.4 Å². The van der Waals surface area contributed by atoms with E-state index in [0.717, 1.165) is 18.6 Å². The number of fused-ring (bicyclic) bond motifs is 1. The fourth-order valence-electron chi connectivity index (χ4n) is 2.32. The van der Waals surface area contributed by atoms with Crippen molar-refractivity contribution in [1.82, 2.24) is 4.90 Å². The van der Waals surface area contributed by atoms with Crippen LogP contribution in [0.5, 0.6) is 5.75 Å². The molecule has 0 radical (unpaired) electrons. The van der Waals surface area contributed by atoms with Gasteiger partial charge in [-0.05, 0) is 25.7 Å². The van der Waals surface area contributed by atoms with Gasteiger partial charge in [-0.25, -0.2) is 0 Å². The van der Waals surface area contributed by atoms with Gasteiger partial charge in [0.2, 0.25) is 0 Å². The number of likely N-dealkylation sites (N-methyl/N-ethyl adjacent to an activating group) is 1. The summed E-state index contributed by atoms with van der Waals surface area (Å²) in [5.74, 6) is 0.699. The maximum Gasteiger partial charge on any atom is 0.267 e. The van der Waals surface area contributed by atoms with Crippen LogP contribution in [0.4, 0.5) is 0 Å². The first-order chi connectivity index (χ1) is 8.69. The van der Waals surface area contributed by atoms with Gasteiger partial charge in [-0.15, -0.1) is 11.3 Å². The van der Waals surface area contributed by atoms with Crippen LogP contribution >= 0.6 is 11.3 Å². The number of hydrogen-bond acceptors (Lipinski definition) is 4. The van der Waals surface area contributed by atoms with E-state index in [2.05, 4.69) is 0 Å². The monoisotopic (exact) mass is 269 g/mol. The molecule has 0 unspecified atom stereocenters. The maximum atomic E-state index is 12.3. The van der Waals surface area contributed by atoms with Crippen molar-refractivity contribution in [2.75, 3.05) is 27.3 Å². The van der Waals surface area contributed by atoms with Crippen molar-refractivity contribution >= 4 is 17.2 Å². The number of carbonyl (C=O) groups is 1. The van der Waals surface area contributed by atoms with Gasteiger partial charge in [0.25, 0.3) is 5.91 Å². The number of nitrogens with zero attached hydrogens (tertiary/aromatic N) is 1. The van der Waals surface area contributed by atoms with Crippen LogP contribution in [0.15, 0.2) is 0 Å². The highest BCUT2D eigenvalue weighted by Gasteiger charge is 2.26. The number of hydrogen-bond donors (Lipinski definition) is 1. The summed E-state index contributed by atoms with van der Waals surface area (Å²) in [6.07, 6.45) is 4.41. The minimum atomic E-state index is -0.0553. The molecule has 0 saturated heterocycles. The van der Waals surface area contributed by atoms with E-state index in [-0.39, 0.29) is 12.5 Å². The molecule has 0 atom stereocenters. The van der Waals surface area contributed by atoms with Crippen LogP contribution < -0.4 is 4.74 Å². The highest BCUT2D eigenvalue weighted by molar-refractivity contribution is 7.14. The molecule has 0 bridgehead atoms. The minimum absolute atomic E-state index is 0.0182. The Balaban J connectivity index is 2.32. The third kappa shape index (κ3) is 2.37. The lowest BCUT2D eigenvalue weighted by Gasteiger charge is -2.15. The fraction of sp³-hybridized carbons (Fsp3) is 0.615. The molecule has 0 fully saturated rings. The van der Waals surface area contributed by atoms with Crippen LogP contribution in [0.25, 0.3) is 0 Å². The molecule has 5 heteroatoms. The molecule has 0 aromatic carbocycles. The molecule has 0 spiro atoms. The van der Waals surface area contributed by atoms with Crippen LogP contribution in [0.1, 0.15) is 33.0 Å². The van der Waals surface area contributed by atoms with Gasteiger partial charge in [-0.2, -0.15) is 0 Å². The molecule has 4 nitrogen and oxygen atoms in total. The predicted octanol–water partition coefficient (Wildman–Crippen LogP) is 1.70. The van der Waals surface area contributed by atoms with E-state index in [9.17, 15) is 4.79 Å². The summed E-state index contributed by atoms with van der Waals surface area (Å²) in [7, 11) is 3.33. The molecule has 2 rings (SSSR count). The zero-order chi connectivity index (χ0) is 13.1. The number of aryl methyl sites for hydroxylation is 1. The Hall–Kier alpha value is -1.07. The van der Waals surface area contributed by atoms with Crippen molar-refractivity contribution in [2.24, 2.45) is 0 Å². The highest BCUT2D eigenvalue weighted by atomic mass is 32.1. The molecule has 1 aromatic rings. The van der Waals surface area contributed by atoms with Crippen molar-refractivity contribution in [2.45, 2.75) is 25.7 Å². The summed E-state index contributed by atoms with van der Waals surface area (Å²) < 4.78 is 5.43. The molecule has 1 aliphatic carbocycles. The van der Waals surface area contributed by atoms with Gasteiger partial charge in [-0.3, -0.25) is 4.79 Å². The lowest BCUT2D eigenvalue weighted by molar-refractivity contribution is 0.0768. The van der Waals surface area contributed by atoms with Crippen LogP contribution in [0.2, 0.25) is 0 Å². The normalized spacial score (nSPS) is 14.2. The minimum Gasteiger partial charge on any atom is -0.495 e. The molecule has 0 aliphatic heterocycles. The summed E-state index contributed by atoms with van der Waals surface area (Å²) in [6, 6.07) is 0. The van der Waals surface area contributed by atoms with Gasteiger partial charge in [0.1, 0.15) is 10.6 Å². The van der Waals surface area contributed by atoms with Crippen LogP contribution in [-0.2, 0) is 12.8 Å². The molecule has 0 saturated carbocycles. The summed E-state index contributed by atoms with van der Waals surface area (Å²) in [4.78, 5) is 15.8. The van der Waals surface area contributed by atoms with E-state index in [4.69, 9.17) is 9.84 Å². The lowest BCUT2D eigenvalue weighted by atomic mass is 9.98. The van der Waals surface area contributed by atoms with Gasteiger partial charge in [0.15, 0.2) is 0 Å². The average molecular weight is 269 g/mol. The molecule has 1 N–H and O–H groups in total. The summed E-state index contributed by atoms with van der Waals surface area (Å²) in [5, 5.41) is 8.90. The number of carbonyl (C=O) groups excluding carboxylic acids is 1. The number of ether oxygens (including phenoxy) is 1. The molecular formula is C13H19NO3S. The Bertz CT molecular complexity index is 442. The third-order valence-electron chi connectivity index (χ3n) is 3.30. The van der Waals surface area contributed by atoms with Gasteiger partial charge < -0.3 is 14.7 Å².